The summed E-state index contributed by atoms with van der Waals surface area (Å²) in [6.45, 7) is 4.88. The average molecular weight is 413 g/mol. The molecule has 5 heteroatoms. The van der Waals surface area contributed by atoms with E-state index in [0.29, 0.717) is 27.2 Å². The first-order valence-electron chi connectivity index (χ1n) is 10.5. The van der Waals surface area contributed by atoms with Gasteiger partial charge in [0.1, 0.15) is 0 Å². The van der Waals surface area contributed by atoms with Gasteiger partial charge in [-0.25, -0.2) is 0 Å². The molecule has 140 valence electrons. The molecule has 2 unspecified atom stereocenters. The van der Waals surface area contributed by atoms with Gasteiger partial charge in [0.15, 0.2) is 0 Å². The van der Waals surface area contributed by atoms with Gasteiger partial charge >= 0.3 is 159 Å². The summed E-state index contributed by atoms with van der Waals surface area (Å²) in [6, 6.07) is 0. The van der Waals surface area contributed by atoms with Gasteiger partial charge in [-0.2, -0.15) is 0 Å². The van der Waals surface area contributed by atoms with Crippen LogP contribution < -0.4 is 0 Å². The second kappa shape index (κ2) is 8.90. The van der Waals surface area contributed by atoms with E-state index in [1.807, 2.05) is 0 Å². The van der Waals surface area contributed by atoms with Gasteiger partial charge in [0, 0.05) is 0 Å². The van der Waals surface area contributed by atoms with E-state index in [0.717, 1.165) is 0 Å². The summed E-state index contributed by atoms with van der Waals surface area (Å²) >= 11 is 0.657. The van der Waals surface area contributed by atoms with Crippen molar-refractivity contribution in [2.75, 3.05) is 26.2 Å². The molecule has 0 aromatic heterocycles. The number of rotatable bonds is 4. The molecular weight excluding hydrogens is 379 g/mol. The molecule has 4 nitrogen and oxygen atoms in total. The van der Waals surface area contributed by atoms with Crippen molar-refractivity contribution in [1.29, 1.82) is 0 Å². The van der Waals surface area contributed by atoms with Gasteiger partial charge in [0.25, 0.3) is 0 Å². The monoisotopic (exact) mass is 414 g/mol. The van der Waals surface area contributed by atoms with E-state index in [1.54, 1.807) is 0 Å². The Hall–Kier alpha value is -0.541. The van der Waals surface area contributed by atoms with Crippen molar-refractivity contribution in [1.82, 2.24) is 0 Å². The number of nitrogens with zero attached hydrogens (tertiary/aromatic N) is 2. The fourth-order valence-electron chi connectivity index (χ4n) is 4.51. The fourth-order valence-corrected chi connectivity index (χ4v) is 6.88. The maximum atomic E-state index is 6.29. The van der Waals surface area contributed by atoms with Crippen LogP contribution >= 0.6 is 0 Å². The summed E-state index contributed by atoms with van der Waals surface area (Å²) in [5.41, 5.74) is 0. The van der Waals surface area contributed by atoms with Gasteiger partial charge in [-0.3, -0.25) is 0 Å². The Morgan fingerprint density at radius 1 is 0.680 bits per heavy atom. The Labute approximate surface area is 158 Å². The molecule has 0 radical (unpaired) electrons. The molecule has 0 bridgehead atoms. The third kappa shape index (κ3) is 4.80. The normalized spacial score (nSPS) is 30.6. The van der Waals surface area contributed by atoms with Gasteiger partial charge in [-0.05, 0) is 0 Å². The summed E-state index contributed by atoms with van der Waals surface area (Å²) in [4.78, 5) is 0. The van der Waals surface area contributed by atoms with Crippen LogP contribution in [0.5, 0.6) is 0 Å². The van der Waals surface area contributed by atoms with Crippen LogP contribution in [0.15, 0.2) is 0 Å². The molecule has 0 saturated carbocycles. The summed E-state index contributed by atoms with van der Waals surface area (Å²) < 4.78 is 17.6. The zero-order chi connectivity index (χ0) is 16.9. The first-order valence-corrected chi connectivity index (χ1v) is 12.9. The average Bonchev–Trinajstić information content (AvgIpc) is 3.33. The minimum atomic E-state index is 0.490. The Morgan fingerprint density at radius 2 is 1.12 bits per heavy atom. The van der Waals surface area contributed by atoms with Gasteiger partial charge in [0.2, 0.25) is 0 Å². The van der Waals surface area contributed by atoms with Crippen LogP contribution in [0.3, 0.4) is 0 Å². The van der Waals surface area contributed by atoms with E-state index in [-0.39, 0.29) is 0 Å². The van der Waals surface area contributed by atoms with Crippen molar-refractivity contribution in [3.8, 4) is 0 Å². The van der Waals surface area contributed by atoms with Crippen LogP contribution in [0, 0.1) is 0 Å². The van der Waals surface area contributed by atoms with Crippen LogP contribution in [0.25, 0.3) is 0 Å². The number of hydrogen-bond acceptors (Lipinski definition) is 2. The Balaban J connectivity index is 1.18. The van der Waals surface area contributed by atoms with Crippen molar-refractivity contribution in [2.24, 2.45) is 0 Å². The van der Waals surface area contributed by atoms with E-state index >= 15 is 0 Å². The minimum absolute atomic E-state index is 0.490. The number of piperidine rings is 2. The van der Waals surface area contributed by atoms with E-state index in [4.69, 9.17) is 9.47 Å². The van der Waals surface area contributed by atoms with E-state index < -0.39 is 0 Å². The molecule has 0 amide bonds. The SMILES string of the molecule is C1CC[N+](=C2CCC(C[Se]CC3CCC(=[N+]4CCCCC4)O3)O2)CC1. The van der Waals surface area contributed by atoms with Gasteiger partial charge < -0.3 is 0 Å². The molecule has 0 spiro atoms. The third-order valence-electron chi connectivity index (χ3n) is 5.99. The van der Waals surface area contributed by atoms with Crippen LogP contribution in [-0.4, -0.2) is 74.3 Å². The molecule has 4 heterocycles. The van der Waals surface area contributed by atoms with E-state index in [2.05, 4.69) is 9.15 Å². The van der Waals surface area contributed by atoms with Gasteiger partial charge in [-0.1, -0.05) is 0 Å². The zero-order valence-corrected chi connectivity index (χ0v) is 17.3. The maximum absolute atomic E-state index is 6.29. The number of hydrogen-bond donors (Lipinski definition) is 0. The van der Waals surface area contributed by atoms with Crippen molar-refractivity contribution in [2.45, 2.75) is 87.1 Å². The Bertz CT molecular complexity index is 470. The molecule has 25 heavy (non-hydrogen) atoms. The second-order valence-electron chi connectivity index (χ2n) is 7.98. The van der Waals surface area contributed by atoms with Crippen LogP contribution in [0.4, 0.5) is 0 Å². The molecule has 0 aliphatic carbocycles. The Kier molecular flexibility index (Phi) is 6.36. The van der Waals surface area contributed by atoms with E-state index in [9.17, 15) is 0 Å². The first kappa shape index (κ1) is 17.9. The zero-order valence-electron chi connectivity index (χ0n) is 15.6. The summed E-state index contributed by atoms with van der Waals surface area (Å²) in [7, 11) is 0. The predicted octanol–water partition coefficient (Wildman–Crippen LogP) is 3.08. The predicted molar refractivity (Wildman–Crippen MR) is 101 cm³/mol. The summed E-state index contributed by atoms with van der Waals surface area (Å²) in [5, 5.41) is 2.53. The van der Waals surface area contributed by atoms with Gasteiger partial charge in [-0.15, -0.1) is 0 Å². The molecule has 4 aliphatic rings. The third-order valence-corrected chi connectivity index (χ3v) is 8.54. The topological polar surface area (TPSA) is 24.5 Å². The van der Waals surface area contributed by atoms with E-state index in [1.165, 1.54) is 113 Å². The fraction of sp³-hybridized carbons (Fsp3) is 0.900. The van der Waals surface area contributed by atoms with Crippen LogP contribution in [0.1, 0.15) is 64.2 Å². The van der Waals surface area contributed by atoms with Crippen molar-refractivity contribution in [3.05, 3.63) is 0 Å². The van der Waals surface area contributed by atoms with Gasteiger partial charge in [0.05, 0.1) is 0 Å². The molecule has 4 rings (SSSR count). The second-order valence-corrected chi connectivity index (χ2v) is 10.2. The number of ether oxygens (including phenoxy) is 2. The molecule has 0 N–H and O–H groups in total. The Morgan fingerprint density at radius 3 is 1.56 bits per heavy atom. The first-order chi connectivity index (χ1) is 12.4. The molecule has 0 aromatic carbocycles. The van der Waals surface area contributed by atoms with Crippen molar-refractivity contribution >= 4 is 26.8 Å². The quantitative estimate of drug-likeness (QED) is 0.523. The molecule has 4 fully saturated rings. The summed E-state index contributed by atoms with van der Waals surface area (Å²) in [5.74, 6) is 2.61. The van der Waals surface area contributed by atoms with Crippen molar-refractivity contribution < 1.29 is 18.6 Å². The molecule has 0 aromatic rings. The molecular formula is C20H34N2O2Se+2. The van der Waals surface area contributed by atoms with Crippen LogP contribution in [-0.2, 0) is 9.47 Å². The van der Waals surface area contributed by atoms with Crippen molar-refractivity contribution in [3.63, 3.8) is 0 Å². The molecule has 2 atom stereocenters. The van der Waals surface area contributed by atoms with Crippen LogP contribution in [0.2, 0.25) is 10.6 Å². The molecule has 4 saturated heterocycles. The summed E-state index contributed by atoms with van der Waals surface area (Å²) in [6.07, 6.45) is 14.0. The standard InChI is InChI=1S/C20H34N2O2Se/c1-3-11-21(12-4-1)19-9-7-17(23-19)15-25-16-18-8-10-20(24-18)22-13-5-2-6-14-22/h17-18H,1-16H2/q+2. The molecule has 4 aliphatic heterocycles.